The van der Waals surface area contributed by atoms with E-state index in [9.17, 15) is 4.79 Å². The van der Waals surface area contributed by atoms with Gasteiger partial charge in [0.05, 0.1) is 0 Å². The fourth-order valence-corrected chi connectivity index (χ4v) is 2.49. The first-order chi connectivity index (χ1) is 8.16. The van der Waals surface area contributed by atoms with Crippen molar-refractivity contribution in [2.24, 2.45) is 0 Å². The minimum absolute atomic E-state index is 0.263. The van der Waals surface area contributed by atoms with E-state index in [0.29, 0.717) is 5.92 Å². The fourth-order valence-electron chi connectivity index (χ4n) is 2.49. The second-order valence-corrected chi connectivity index (χ2v) is 4.86. The maximum atomic E-state index is 10.5. The number of carboxylic acids is 1. The number of benzene rings is 1. The molecule has 1 heterocycles. The van der Waals surface area contributed by atoms with Gasteiger partial charge < -0.3 is 10.0 Å². The molecular weight excluding hydrogens is 214 g/mol. The minimum atomic E-state index is -0.703. The van der Waals surface area contributed by atoms with E-state index in [1.165, 1.54) is 11.1 Å². The Bertz CT molecular complexity index is 397. The number of likely N-dealkylation sites (N-methyl/N-ethyl adjacent to an activating group) is 1. The van der Waals surface area contributed by atoms with Crippen LogP contribution in [0.15, 0.2) is 24.3 Å². The lowest BCUT2D eigenvalue weighted by atomic mass is 9.87. The average Bonchev–Trinajstić information content (AvgIpc) is 2.25. The van der Waals surface area contributed by atoms with E-state index >= 15 is 0 Å². The lowest BCUT2D eigenvalue weighted by Gasteiger charge is -2.37. The van der Waals surface area contributed by atoms with Gasteiger partial charge in [-0.05, 0) is 31.0 Å². The monoisotopic (exact) mass is 233 g/mol. The van der Waals surface area contributed by atoms with Crippen molar-refractivity contribution >= 4 is 5.97 Å². The predicted molar refractivity (Wildman–Crippen MR) is 67.3 cm³/mol. The number of carboxylic acid groups (broad SMARTS) is 1. The molecule has 1 N–H and O–H groups in total. The van der Waals surface area contributed by atoms with Gasteiger partial charge in [0.15, 0.2) is 0 Å². The number of hydrogen-bond donors (Lipinski definition) is 1. The summed E-state index contributed by atoms with van der Waals surface area (Å²) in [6, 6.07) is 8.44. The van der Waals surface area contributed by atoms with Crippen LogP contribution in [0.1, 0.15) is 29.9 Å². The maximum absolute atomic E-state index is 10.5. The highest BCUT2D eigenvalue weighted by atomic mass is 16.4. The normalized spacial score (nSPS) is 16.8. The van der Waals surface area contributed by atoms with Gasteiger partial charge in [0.1, 0.15) is 0 Å². The highest BCUT2D eigenvalue weighted by Crippen LogP contribution is 2.28. The number of aryl methyl sites for hydroxylation is 1. The summed E-state index contributed by atoms with van der Waals surface area (Å²) in [5.41, 5.74) is 2.74. The highest BCUT2D eigenvalue weighted by molar-refractivity contribution is 5.66. The second-order valence-electron chi connectivity index (χ2n) is 4.86. The molecule has 2 rings (SSSR count). The van der Waals surface area contributed by atoms with Crippen LogP contribution in [0.4, 0.5) is 0 Å². The molecule has 0 aliphatic carbocycles. The molecule has 0 saturated carbocycles. The largest absolute Gasteiger partial charge is 0.481 e. The number of rotatable bonds is 5. The van der Waals surface area contributed by atoms with Crippen LogP contribution in [0.25, 0.3) is 0 Å². The molecule has 1 saturated heterocycles. The van der Waals surface area contributed by atoms with Crippen LogP contribution in [0.3, 0.4) is 0 Å². The number of hydrogen-bond acceptors (Lipinski definition) is 2. The SMILES string of the molecule is CN1CC(c2ccccc2CCCC(=O)O)C1. The van der Waals surface area contributed by atoms with Crippen LogP contribution in [0.5, 0.6) is 0 Å². The van der Waals surface area contributed by atoms with Crippen molar-refractivity contribution < 1.29 is 9.90 Å². The summed E-state index contributed by atoms with van der Waals surface area (Å²) in [5.74, 6) is -0.0631. The third-order valence-corrected chi connectivity index (χ3v) is 3.40. The molecule has 1 aromatic rings. The van der Waals surface area contributed by atoms with E-state index in [0.717, 1.165) is 25.9 Å². The van der Waals surface area contributed by atoms with E-state index < -0.39 is 5.97 Å². The van der Waals surface area contributed by atoms with Gasteiger partial charge in [-0.2, -0.15) is 0 Å². The summed E-state index contributed by atoms with van der Waals surface area (Å²) >= 11 is 0. The van der Waals surface area contributed by atoms with Gasteiger partial charge in [0.2, 0.25) is 0 Å². The molecule has 0 bridgehead atoms. The molecule has 0 spiro atoms. The average molecular weight is 233 g/mol. The topological polar surface area (TPSA) is 40.5 Å². The summed E-state index contributed by atoms with van der Waals surface area (Å²) in [6.07, 6.45) is 1.87. The van der Waals surface area contributed by atoms with Crippen molar-refractivity contribution in [3.63, 3.8) is 0 Å². The van der Waals surface area contributed by atoms with Gasteiger partial charge in [-0.3, -0.25) is 4.79 Å². The van der Waals surface area contributed by atoms with Crippen LogP contribution in [-0.2, 0) is 11.2 Å². The lowest BCUT2D eigenvalue weighted by Crippen LogP contribution is -2.42. The van der Waals surface area contributed by atoms with Crippen LogP contribution in [0.2, 0.25) is 0 Å². The molecule has 1 fully saturated rings. The Kier molecular flexibility index (Phi) is 3.79. The first kappa shape index (κ1) is 12.1. The molecule has 0 amide bonds. The molecule has 3 nitrogen and oxygen atoms in total. The molecule has 0 radical (unpaired) electrons. The summed E-state index contributed by atoms with van der Waals surface area (Å²) < 4.78 is 0. The van der Waals surface area contributed by atoms with E-state index in [1.54, 1.807) is 0 Å². The molecule has 0 unspecified atom stereocenters. The molecular formula is C14H19NO2. The summed E-state index contributed by atoms with van der Waals surface area (Å²) in [6.45, 7) is 2.24. The molecule has 17 heavy (non-hydrogen) atoms. The van der Waals surface area contributed by atoms with Crippen LogP contribution >= 0.6 is 0 Å². The maximum Gasteiger partial charge on any atom is 0.303 e. The third kappa shape index (κ3) is 3.07. The first-order valence-electron chi connectivity index (χ1n) is 6.15. The zero-order chi connectivity index (χ0) is 12.3. The van der Waals surface area contributed by atoms with E-state index in [-0.39, 0.29) is 6.42 Å². The molecule has 1 aromatic carbocycles. The van der Waals surface area contributed by atoms with Gasteiger partial charge in [-0.25, -0.2) is 0 Å². The smallest absolute Gasteiger partial charge is 0.303 e. The molecule has 3 heteroatoms. The van der Waals surface area contributed by atoms with Gasteiger partial charge in [-0.15, -0.1) is 0 Å². The summed E-state index contributed by atoms with van der Waals surface area (Å²) in [7, 11) is 2.13. The summed E-state index contributed by atoms with van der Waals surface area (Å²) in [4.78, 5) is 12.8. The first-order valence-corrected chi connectivity index (χ1v) is 6.15. The van der Waals surface area contributed by atoms with Crippen molar-refractivity contribution in [1.82, 2.24) is 4.90 Å². The molecule has 1 aliphatic heterocycles. The van der Waals surface area contributed by atoms with E-state index in [4.69, 9.17) is 5.11 Å². The van der Waals surface area contributed by atoms with Crippen molar-refractivity contribution in [3.8, 4) is 0 Å². The van der Waals surface area contributed by atoms with Crippen molar-refractivity contribution in [2.75, 3.05) is 20.1 Å². The fraction of sp³-hybridized carbons (Fsp3) is 0.500. The second kappa shape index (κ2) is 5.32. The van der Waals surface area contributed by atoms with E-state index in [2.05, 4.69) is 30.1 Å². The predicted octanol–water partition coefficient (Wildman–Crippen LogP) is 2.12. The highest BCUT2D eigenvalue weighted by Gasteiger charge is 2.26. The van der Waals surface area contributed by atoms with Gasteiger partial charge in [0, 0.05) is 25.4 Å². The Hall–Kier alpha value is -1.35. The lowest BCUT2D eigenvalue weighted by molar-refractivity contribution is -0.137. The molecule has 92 valence electrons. The van der Waals surface area contributed by atoms with Gasteiger partial charge in [0.25, 0.3) is 0 Å². The van der Waals surface area contributed by atoms with Crippen LogP contribution in [0, 0.1) is 0 Å². The number of likely N-dealkylation sites (tertiary alicyclic amines) is 1. The number of nitrogens with zero attached hydrogens (tertiary/aromatic N) is 1. The Morgan fingerprint density at radius 2 is 2.12 bits per heavy atom. The Morgan fingerprint density at radius 3 is 2.76 bits per heavy atom. The Labute approximate surface area is 102 Å². The zero-order valence-corrected chi connectivity index (χ0v) is 10.2. The van der Waals surface area contributed by atoms with Crippen LogP contribution < -0.4 is 0 Å². The van der Waals surface area contributed by atoms with Crippen LogP contribution in [-0.4, -0.2) is 36.1 Å². The zero-order valence-electron chi connectivity index (χ0n) is 10.2. The minimum Gasteiger partial charge on any atom is -0.481 e. The Morgan fingerprint density at radius 1 is 1.41 bits per heavy atom. The molecule has 0 aromatic heterocycles. The number of aliphatic carboxylic acids is 1. The van der Waals surface area contributed by atoms with E-state index in [1.807, 2.05) is 6.07 Å². The quantitative estimate of drug-likeness (QED) is 0.847. The van der Waals surface area contributed by atoms with Crippen molar-refractivity contribution in [1.29, 1.82) is 0 Å². The number of carbonyl (C=O) groups is 1. The molecule has 1 aliphatic rings. The van der Waals surface area contributed by atoms with Crippen molar-refractivity contribution in [3.05, 3.63) is 35.4 Å². The summed E-state index contributed by atoms with van der Waals surface area (Å²) in [5, 5.41) is 8.66. The standard InChI is InChI=1S/C14H19NO2/c1-15-9-12(10-15)13-7-3-2-5-11(13)6-4-8-14(16)17/h2-3,5,7,12H,4,6,8-10H2,1H3,(H,16,17). The Balaban J connectivity index is 1.98. The third-order valence-electron chi connectivity index (χ3n) is 3.40. The molecule has 0 atom stereocenters. The van der Waals surface area contributed by atoms with Crippen molar-refractivity contribution in [2.45, 2.75) is 25.2 Å². The van der Waals surface area contributed by atoms with Gasteiger partial charge in [-0.1, -0.05) is 24.3 Å². The van der Waals surface area contributed by atoms with Gasteiger partial charge >= 0.3 is 5.97 Å².